The largest absolute Gasteiger partial charge is 0.346 e. The highest BCUT2D eigenvalue weighted by Gasteiger charge is 2.14. The molecule has 0 aliphatic rings. The molecular weight excluding hydrogens is 400 g/mol. The molecular formula is C23H22N2O4S. The number of amides is 2. The lowest BCUT2D eigenvalue weighted by molar-refractivity contribution is 0.0939. The Balaban J connectivity index is 1.68. The minimum absolute atomic E-state index is 0.161. The Labute approximate surface area is 175 Å². The predicted molar refractivity (Wildman–Crippen MR) is 116 cm³/mol. The van der Waals surface area contributed by atoms with Gasteiger partial charge < -0.3 is 10.6 Å². The van der Waals surface area contributed by atoms with E-state index in [0.29, 0.717) is 16.8 Å². The second kappa shape index (κ2) is 8.92. The molecule has 0 heterocycles. The van der Waals surface area contributed by atoms with Gasteiger partial charge in [0.15, 0.2) is 9.84 Å². The standard InChI is InChI=1S/C23H22N2O4S/c1-16(24-22(26)18-11-13-21(14-12-18)30(2,28)29)19-9-6-10-20(15-19)25-23(27)17-7-4-3-5-8-17/h3-16H,1-2H3,(H,24,26)(H,25,27). The van der Waals surface area contributed by atoms with Crippen LogP contribution < -0.4 is 10.6 Å². The molecule has 6 nitrogen and oxygen atoms in total. The predicted octanol–water partition coefficient (Wildman–Crippen LogP) is 3.83. The van der Waals surface area contributed by atoms with Gasteiger partial charge in [-0.05, 0) is 61.0 Å². The van der Waals surface area contributed by atoms with Crippen LogP contribution in [0.1, 0.15) is 39.2 Å². The van der Waals surface area contributed by atoms with Crippen LogP contribution in [0.2, 0.25) is 0 Å². The number of nitrogens with one attached hydrogen (secondary N) is 2. The van der Waals surface area contributed by atoms with Crippen molar-refractivity contribution in [1.29, 1.82) is 0 Å². The normalized spacial score (nSPS) is 12.1. The van der Waals surface area contributed by atoms with Crippen molar-refractivity contribution in [3.63, 3.8) is 0 Å². The van der Waals surface area contributed by atoms with Gasteiger partial charge in [0.25, 0.3) is 11.8 Å². The first-order valence-corrected chi connectivity index (χ1v) is 11.2. The van der Waals surface area contributed by atoms with E-state index in [1.165, 1.54) is 24.3 Å². The molecule has 3 rings (SSSR count). The maximum Gasteiger partial charge on any atom is 0.255 e. The number of hydrogen-bond donors (Lipinski definition) is 2. The van der Waals surface area contributed by atoms with Gasteiger partial charge in [-0.25, -0.2) is 8.42 Å². The molecule has 0 radical (unpaired) electrons. The molecule has 0 aliphatic carbocycles. The minimum atomic E-state index is -3.31. The molecule has 0 aromatic heterocycles. The van der Waals surface area contributed by atoms with Gasteiger partial charge in [-0.15, -0.1) is 0 Å². The van der Waals surface area contributed by atoms with Gasteiger partial charge in [0.2, 0.25) is 0 Å². The van der Waals surface area contributed by atoms with E-state index >= 15 is 0 Å². The summed E-state index contributed by atoms with van der Waals surface area (Å²) in [7, 11) is -3.31. The summed E-state index contributed by atoms with van der Waals surface area (Å²) < 4.78 is 23.1. The van der Waals surface area contributed by atoms with Gasteiger partial charge in [0.05, 0.1) is 10.9 Å². The lowest BCUT2D eigenvalue weighted by atomic mass is 10.1. The van der Waals surface area contributed by atoms with E-state index in [2.05, 4.69) is 10.6 Å². The molecule has 1 atom stereocenters. The van der Waals surface area contributed by atoms with Crippen molar-refractivity contribution in [2.24, 2.45) is 0 Å². The maximum atomic E-state index is 12.5. The third-order valence-corrected chi connectivity index (χ3v) is 5.70. The Morgan fingerprint density at radius 1 is 0.800 bits per heavy atom. The van der Waals surface area contributed by atoms with Crippen LogP contribution in [0.5, 0.6) is 0 Å². The van der Waals surface area contributed by atoms with Crippen molar-refractivity contribution < 1.29 is 18.0 Å². The maximum absolute atomic E-state index is 12.5. The first kappa shape index (κ1) is 21.3. The molecule has 154 valence electrons. The third-order valence-electron chi connectivity index (χ3n) is 4.57. The molecule has 0 fully saturated rings. The highest BCUT2D eigenvalue weighted by atomic mass is 32.2. The fourth-order valence-electron chi connectivity index (χ4n) is 2.90. The van der Waals surface area contributed by atoms with Crippen LogP contribution in [0.3, 0.4) is 0 Å². The van der Waals surface area contributed by atoms with Crippen LogP contribution in [0.4, 0.5) is 5.69 Å². The van der Waals surface area contributed by atoms with Crippen LogP contribution in [0.25, 0.3) is 0 Å². The number of benzene rings is 3. The first-order valence-electron chi connectivity index (χ1n) is 9.31. The summed E-state index contributed by atoms with van der Waals surface area (Å²) in [5.41, 5.74) is 2.37. The van der Waals surface area contributed by atoms with Crippen molar-refractivity contribution in [2.45, 2.75) is 17.9 Å². The van der Waals surface area contributed by atoms with Crippen LogP contribution in [-0.4, -0.2) is 26.5 Å². The number of sulfone groups is 1. The molecule has 0 saturated carbocycles. The second-order valence-corrected chi connectivity index (χ2v) is 8.95. The zero-order chi connectivity index (χ0) is 21.7. The summed E-state index contributed by atoms with van der Waals surface area (Å²) in [5.74, 6) is -0.531. The van der Waals surface area contributed by atoms with Crippen molar-refractivity contribution in [3.8, 4) is 0 Å². The lowest BCUT2D eigenvalue weighted by Gasteiger charge is -2.16. The summed E-state index contributed by atoms with van der Waals surface area (Å²) in [6.45, 7) is 1.83. The Morgan fingerprint density at radius 2 is 1.43 bits per heavy atom. The Kier molecular flexibility index (Phi) is 6.32. The van der Waals surface area contributed by atoms with Gasteiger partial charge >= 0.3 is 0 Å². The molecule has 2 amide bonds. The van der Waals surface area contributed by atoms with Crippen LogP contribution >= 0.6 is 0 Å². The zero-order valence-electron chi connectivity index (χ0n) is 16.6. The van der Waals surface area contributed by atoms with Gasteiger partial charge in [-0.1, -0.05) is 30.3 Å². The molecule has 3 aromatic rings. The van der Waals surface area contributed by atoms with E-state index in [0.717, 1.165) is 11.8 Å². The summed E-state index contributed by atoms with van der Waals surface area (Å²) in [6.07, 6.45) is 1.12. The molecule has 0 bridgehead atoms. The van der Waals surface area contributed by atoms with Crippen LogP contribution in [-0.2, 0) is 9.84 Å². The number of anilines is 1. The molecule has 7 heteroatoms. The highest BCUT2D eigenvalue weighted by molar-refractivity contribution is 7.90. The fourth-order valence-corrected chi connectivity index (χ4v) is 3.53. The molecule has 0 aliphatic heterocycles. The summed E-state index contributed by atoms with van der Waals surface area (Å²) >= 11 is 0. The zero-order valence-corrected chi connectivity index (χ0v) is 17.4. The van der Waals surface area contributed by atoms with E-state index in [1.807, 2.05) is 19.1 Å². The molecule has 30 heavy (non-hydrogen) atoms. The van der Waals surface area contributed by atoms with Gasteiger partial charge in [0.1, 0.15) is 0 Å². The van der Waals surface area contributed by atoms with E-state index in [9.17, 15) is 18.0 Å². The first-order chi connectivity index (χ1) is 14.2. The quantitative estimate of drug-likeness (QED) is 0.631. The number of rotatable bonds is 6. The van der Waals surface area contributed by atoms with Crippen molar-refractivity contribution in [3.05, 3.63) is 95.6 Å². The van der Waals surface area contributed by atoms with E-state index in [4.69, 9.17) is 0 Å². The van der Waals surface area contributed by atoms with E-state index < -0.39 is 9.84 Å². The molecule has 0 saturated heterocycles. The molecule has 2 N–H and O–H groups in total. The highest BCUT2D eigenvalue weighted by Crippen LogP contribution is 2.19. The number of carbonyl (C=O) groups is 2. The number of carbonyl (C=O) groups excluding carboxylic acids is 2. The number of hydrogen-bond acceptors (Lipinski definition) is 4. The average Bonchev–Trinajstić information content (AvgIpc) is 2.74. The minimum Gasteiger partial charge on any atom is -0.346 e. The Hall–Kier alpha value is -3.45. The summed E-state index contributed by atoms with van der Waals surface area (Å²) in [4.78, 5) is 25.0. The smallest absolute Gasteiger partial charge is 0.255 e. The lowest BCUT2D eigenvalue weighted by Crippen LogP contribution is -2.26. The monoisotopic (exact) mass is 422 g/mol. The second-order valence-electron chi connectivity index (χ2n) is 6.94. The van der Waals surface area contributed by atoms with Crippen molar-refractivity contribution in [2.75, 3.05) is 11.6 Å². The van der Waals surface area contributed by atoms with Crippen LogP contribution in [0.15, 0.2) is 83.8 Å². The van der Waals surface area contributed by atoms with Gasteiger partial charge in [0, 0.05) is 23.1 Å². The van der Waals surface area contributed by atoms with Crippen molar-refractivity contribution >= 4 is 27.3 Å². The summed E-state index contributed by atoms with van der Waals surface area (Å²) in [6, 6.07) is 21.6. The Morgan fingerprint density at radius 3 is 2.07 bits per heavy atom. The Bertz CT molecular complexity index is 1160. The summed E-state index contributed by atoms with van der Waals surface area (Å²) in [5, 5.41) is 5.73. The molecule has 3 aromatic carbocycles. The SMILES string of the molecule is CC(NC(=O)c1ccc(S(C)(=O)=O)cc1)c1cccc(NC(=O)c2ccccc2)c1. The third kappa shape index (κ3) is 5.33. The van der Waals surface area contributed by atoms with Gasteiger partial charge in [-0.3, -0.25) is 9.59 Å². The van der Waals surface area contributed by atoms with Crippen molar-refractivity contribution in [1.82, 2.24) is 5.32 Å². The van der Waals surface area contributed by atoms with E-state index in [1.54, 1.807) is 42.5 Å². The fraction of sp³-hybridized carbons (Fsp3) is 0.130. The molecule has 0 spiro atoms. The molecule has 1 unspecified atom stereocenters. The average molecular weight is 423 g/mol. The van der Waals surface area contributed by atoms with E-state index in [-0.39, 0.29) is 22.8 Å². The topological polar surface area (TPSA) is 92.3 Å². The van der Waals surface area contributed by atoms with Crippen LogP contribution in [0, 0.1) is 0 Å². The van der Waals surface area contributed by atoms with Gasteiger partial charge in [-0.2, -0.15) is 0 Å².